The Balaban J connectivity index is 1.99. The third-order valence-corrected chi connectivity index (χ3v) is 3.41. The van der Waals surface area contributed by atoms with Gasteiger partial charge < -0.3 is 16.0 Å². The van der Waals surface area contributed by atoms with Gasteiger partial charge in [-0.05, 0) is 36.4 Å². The quantitative estimate of drug-likeness (QED) is 0.801. The second-order valence-corrected chi connectivity index (χ2v) is 5.11. The summed E-state index contributed by atoms with van der Waals surface area (Å²) in [6, 6.07) is 10.5. The number of halogens is 2. The Kier molecular flexibility index (Phi) is 5.54. The Hall–Kier alpha value is -2.60. The lowest BCUT2D eigenvalue weighted by atomic mass is 10.1. The first-order chi connectivity index (χ1) is 11.0. The SMILES string of the molecule is CNC(=O)Nc1ccc(NC(=O)Cc2c(F)cccc2Cl)cc1. The van der Waals surface area contributed by atoms with Gasteiger partial charge in [-0.1, -0.05) is 17.7 Å². The van der Waals surface area contributed by atoms with Crippen LogP contribution in [0.15, 0.2) is 42.5 Å². The van der Waals surface area contributed by atoms with Crippen LogP contribution in [-0.2, 0) is 11.2 Å². The van der Waals surface area contributed by atoms with E-state index in [1.807, 2.05) is 0 Å². The van der Waals surface area contributed by atoms with Crippen molar-refractivity contribution in [2.45, 2.75) is 6.42 Å². The highest BCUT2D eigenvalue weighted by molar-refractivity contribution is 6.31. The molecule has 0 aliphatic rings. The van der Waals surface area contributed by atoms with E-state index in [4.69, 9.17) is 11.6 Å². The molecule has 0 aliphatic heterocycles. The largest absolute Gasteiger partial charge is 0.341 e. The Morgan fingerprint density at radius 3 is 2.22 bits per heavy atom. The van der Waals surface area contributed by atoms with Crippen molar-refractivity contribution in [1.29, 1.82) is 0 Å². The van der Waals surface area contributed by atoms with Gasteiger partial charge in [0.15, 0.2) is 0 Å². The third-order valence-electron chi connectivity index (χ3n) is 3.05. The maximum Gasteiger partial charge on any atom is 0.318 e. The van der Waals surface area contributed by atoms with E-state index in [-0.39, 0.29) is 28.9 Å². The van der Waals surface area contributed by atoms with Crippen LogP contribution in [-0.4, -0.2) is 19.0 Å². The fraction of sp³-hybridized carbons (Fsp3) is 0.125. The monoisotopic (exact) mass is 335 g/mol. The van der Waals surface area contributed by atoms with Crippen molar-refractivity contribution >= 4 is 34.9 Å². The van der Waals surface area contributed by atoms with Gasteiger partial charge in [-0.2, -0.15) is 0 Å². The molecule has 0 aromatic heterocycles. The van der Waals surface area contributed by atoms with Gasteiger partial charge in [0.1, 0.15) is 5.82 Å². The fourth-order valence-corrected chi connectivity index (χ4v) is 2.13. The highest BCUT2D eigenvalue weighted by Gasteiger charge is 2.12. The van der Waals surface area contributed by atoms with Gasteiger partial charge in [-0.25, -0.2) is 9.18 Å². The predicted octanol–water partition coefficient (Wildman–Crippen LogP) is 3.41. The minimum atomic E-state index is -0.516. The molecule has 0 aliphatic carbocycles. The molecule has 120 valence electrons. The van der Waals surface area contributed by atoms with Gasteiger partial charge in [0, 0.05) is 29.0 Å². The molecule has 0 radical (unpaired) electrons. The van der Waals surface area contributed by atoms with E-state index in [0.717, 1.165) is 0 Å². The van der Waals surface area contributed by atoms with Gasteiger partial charge in [0.05, 0.1) is 6.42 Å². The Morgan fingerprint density at radius 2 is 1.65 bits per heavy atom. The van der Waals surface area contributed by atoms with Crippen molar-refractivity contribution in [3.05, 3.63) is 58.9 Å². The highest BCUT2D eigenvalue weighted by Crippen LogP contribution is 2.20. The molecule has 0 saturated heterocycles. The number of carbonyl (C=O) groups is 2. The minimum Gasteiger partial charge on any atom is -0.341 e. The van der Waals surface area contributed by atoms with Crippen LogP contribution in [0.3, 0.4) is 0 Å². The molecule has 7 heteroatoms. The van der Waals surface area contributed by atoms with E-state index in [9.17, 15) is 14.0 Å². The van der Waals surface area contributed by atoms with Crippen LogP contribution in [0, 0.1) is 5.82 Å². The molecular weight excluding hydrogens is 321 g/mol. The number of carbonyl (C=O) groups excluding carboxylic acids is 2. The van der Waals surface area contributed by atoms with Crippen LogP contribution in [0.1, 0.15) is 5.56 Å². The summed E-state index contributed by atoms with van der Waals surface area (Å²) in [5.41, 5.74) is 1.27. The van der Waals surface area contributed by atoms with Crippen LogP contribution < -0.4 is 16.0 Å². The minimum absolute atomic E-state index is 0.157. The van der Waals surface area contributed by atoms with Crippen molar-refractivity contribution in [3.8, 4) is 0 Å². The summed E-state index contributed by atoms with van der Waals surface area (Å²) in [4.78, 5) is 23.2. The number of anilines is 2. The number of benzene rings is 2. The zero-order valence-corrected chi connectivity index (χ0v) is 13.1. The van der Waals surface area contributed by atoms with Gasteiger partial charge in [0.25, 0.3) is 0 Å². The van der Waals surface area contributed by atoms with Crippen LogP contribution in [0.25, 0.3) is 0 Å². The number of hydrogen-bond acceptors (Lipinski definition) is 2. The van der Waals surface area contributed by atoms with Crippen molar-refractivity contribution in [1.82, 2.24) is 5.32 Å². The topological polar surface area (TPSA) is 70.2 Å². The zero-order valence-electron chi connectivity index (χ0n) is 12.3. The molecule has 2 aromatic carbocycles. The number of nitrogens with one attached hydrogen (secondary N) is 3. The van der Waals surface area contributed by atoms with Crippen LogP contribution in [0.2, 0.25) is 5.02 Å². The van der Waals surface area contributed by atoms with Gasteiger partial charge in [0.2, 0.25) is 5.91 Å². The van der Waals surface area contributed by atoms with Crippen LogP contribution in [0.4, 0.5) is 20.6 Å². The summed E-state index contributed by atoms with van der Waals surface area (Å²) in [6.45, 7) is 0. The van der Waals surface area contributed by atoms with E-state index in [1.54, 1.807) is 24.3 Å². The summed E-state index contributed by atoms with van der Waals surface area (Å²) in [5.74, 6) is -0.901. The van der Waals surface area contributed by atoms with E-state index in [0.29, 0.717) is 11.4 Å². The molecule has 2 aromatic rings. The standard InChI is InChI=1S/C16H15ClFN3O2/c1-19-16(23)21-11-7-5-10(6-8-11)20-15(22)9-12-13(17)3-2-4-14(12)18/h2-8H,9H2,1H3,(H,20,22)(H2,19,21,23). The van der Waals surface area contributed by atoms with Crippen molar-refractivity contribution < 1.29 is 14.0 Å². The lowest BCUT2D eigenvalue weighted by Crippen LogP contribution is -2.24. The fourth-order valence-electron chi connectivity index (χ4n) is 1.90. The molecule has 3 amide bonds. The molecule has 23 heavy (non-hydrogen) atoms. The second kappa shape index (κ2) is 7.60. The van der Waals surface area contributed by atoms with Crippen LogP contribution in [0.5, 0.6) is 0 Å². The first kappa shape index (κ1) is 16.8. The first-order valence-corrected chi connectivity index (χ1v) is 7.19. The molecule has 2 rings (SSSR count). The number of rotatable bonds is 4. The normalized spacial score (nSPS) is 10.0. The summed E-state index contributed by atoms with van der Waals surface area (Å²) < 4.78 is 13.6. The van der Waals surface area contributed by atoms with E-state index < -0.39 is 5.82 Å². The smallest absolute Gasteiger partial charge is 0.318 e. The summed E-state index contributed by atoms with van der Waals surface area (Å²) in [5, 5.41) is 7.89. The number of urea groups is 1. The Labute approximate surface area is 137 Å². The average Bonchev–Trinajstić information content (AvgIpc) is 2.53. The van der Waals surface area contributed by atoms with Crippen molar-refractivity contribution in [2.24, 2.45) is 0 Å². The van der Waals surface area contributed by atoms with Crippen LogP contribution >= 0.6 is 11.6 Å². The van der Waals surface area contributed by atoms with E-state index in [2.05, 4.69) is 16.0 Å². The molecule has 0 fully saturated rings. The van der Waals surface area contributed by atoms with E-state index >= 15 is 0 Å². The Morgan fingerprint density at radius 1 is 1.04 bits per heavy atom. The van der Waals surface area contributed by atoms with Crippen molar-refractivity contribution in [2.75, 3.05) is 17.7 Å². The summed E-state index contributed by atoms with van der Waals surface area (Å²) >= 11 is 5.89. The average molecular weight is 336 g/mol. The van der Waals surface area contributed by atoms with Crippen molar-refractivity contribution in [3.63, 3.8) is 0 Å². The third kappa shape index (κ3) is 4.69. The maximum atomic E-state index is 13.6. The van der Waals surface area contributed by atoms with E-state index in [1.165, 1.54) is 25.2 Å². The molecule has 0 heterocycles. The molecule has 5 nitrogen and oxygen atoms in total. The molecular formula is C16H15ClFN3O2. The molecule has 0 spiro atoms. The predicted molar refractivity (Wildman–Crippen MR) is 88.3 cm³/mol. The van der Waals surface area contributed by atoms with Gasteiger partial charge in [-0.3, -0.25) is 4.79 Å². The van der Waals surface area contributed by atoms with Gasteiger partial charge >= 0.3 is 6.03 Å². The summed E-state index contributed by atoms with van der Waals surface area (Å²) in [7, 11) is 1.51. The number of amides is 3. The summed E-state index contributed by atoms with van der Waals surface area (Å²) in [6.07, 6.45) is -0.163. The number of hydrogen-bond donors (Lipinski definition) is 3. The first-order valence-electron chi connectivity index (χ1n) is 6.81. The second-order valence-electron chi connectivity index (χ2n) is 4.71. The Bertz CT molecular complexity index is 700. The zero-order chi connectivity index (χ0) is 16.8. The molecule has 0 saturated carbocycles. The lowest BCUT2D eigenvalue weighted by Gasteiger charge is -2.09. The van der Waals surface area contributed by atoms with Gasteiger partial charge in [-0.15, -0.1) is 0 Å². The molecule has 3 N–H and O–H groups in total. The highest BCUT2D eigenvalue weighted by atomic mass is 35.5. The lowest BCUT2D eigenvalue weighted by molar-refractivity contribution is -0.115. The molecule has 0 atom stereocenters. The maximum absolute atomic E-state index is 13.6. The molecule has 0 unspecified atom stereocenters. The molecule has 0 bridgehead atoms.